The summed E-state index contributed by atoms with van der Waals surface area (Å²) in [4.78, 5) is 15.8. The van der Waals surface area contributed by atoms with Crippen LogP contribution in [0.1, 0.15) is 10.4 Å². The molecule has 0 aliphatic heterocycles. The van der Waals surface area contributed by atoms with Crippen molar-refractivity contribution in [1.82, 2.24) is 9.80 Å². The van der Waals surface area contributed by atoms with Gasteiger partial charge in [0.05, 0.1) is 15.7 Å². The predicted octanol–water partition coefficient (Wildman–Crippen LogP) is 2.21. The van der Waals surface area contributed by atoms with Crippen LogP contribution in [0.3, 0.4) is 0 Å². The lowest BCUT2D eigenvalue weighted by Gasteiger charge is -2.20. The molecule has 0 atom stereocenters. The third-order valence-electron chi connectivity index (χ3n) is 2.53. The largest absolute Gasteiger partial charge is 0.397 e. The van der Waals surface area contributed by atoms with Gasteiger partial charge in [0.1, 0.15) is 0 Å². The predicted molar refractivity (Wildman–Crippen MR) is 76.4 cm³/mol. The minimum Gasteiger partial charge on any atom is -0.397 e. The number of anilines is 1. The van der Waals surface area contributed by atoms with Gasteiger partial charge >= 0.3 is 0 Å². The average Bonchev–Trinajstić information content (AvgIpc) is 2.31. The number of amides is 1. The van der Waals surface area contributed by atoms with Gasteiger partial charge in [-0.05, 0) is 26.2 Å². The summed E-state index contributed by atoms with van der Waals surface area (Å²) in [5.41, 5.74) is 6.45. The SMILES string of the molecule is CN(C)CCN(C)C(=O)c1cc(N)c(Cl)c(Cl)c1. The molecule has 6 heteroatoms. The molecule has 0 aliphatic carbocycles. The molecule has 18 heavy (non-hydrogen) atoms. The van der Waals surface area contributed by atoms with E-state index >= 15 is 0 Å². The van der Waals surface area contributed by atoms with Gasteiger partial charge < -0.3 is 15.5 Å². The lowest BCUT2D eigenvalue weighted by molar-refractivity contribution is 0.0786. The van der Waals surface area contributed by atoms with E-state index in [2.05, 4.69) is 0 Å². The van der Waals surface area contributed by atoms with Gasteiger partial charge in [0, 0.05) is 25.7 Å². The molecule has 0 saturated heterocycles. The monoisotopic (exact) mass is 289 g/mol. The van der Waals surface area contributed by atoms with Crippen LogP contribution in [0.4, 0.5) is 5.69 Å². The van der Waals surface area contributed by atoms with Crippen LogP contribution in [0.5, 0.6) is 0 Å². The van der Waals surface area contributed by atoms with E-state index in [1.807, 2.05) is 19.0 Å². The highest BCUT2D eigenvalue weighted by atomic mass is 35.5. The van der Waals surface area contributed by atoms with E-state index in [1.165, 1.54) is 6.07 Å². The van der Waals surface area contributed by atoms with Gasteiger partial charge in [-0.1, -0.05) is 23.2 Å². The summed E-state index contributed by atoms with van der Waals surface area (Å²) in [6.07, 6.45) is 0. The molecule has 2 N–H and O–H groups in total. The molecule has 4 nitrogen and oxygen atoms in total. The third kappa shape index (κ3) is 3.77. The number of nitrogen functional groups attached to an aromatic ring is 1. The van der Waals surface area contributed by atoms with Crippen LogP contribution < -0.4 is 5.73 Å². The first kappa shape index (κ1) is 15.1. The Bertz CT molecular complexity index is 426. The highest BCUT2D eigenvalue weighted by Crippen LogP contribution is 2.29. The Morgan fingerprint density at radius 3 is 2.33 bits per heavy atom. The number of hydrogen-bond donors (Lipinski definition) is 1. The molecule has 0 fully saturated rings. The molecular weight excluding hydrogens is 273 g/mol. The number of benzene rings is 1. The molecule has 1 aromatic carbocycles. The highest BCUT2D eigenvalue weighted by molar-refractivity contribution is 6.43. The Hall–Kier alpha value is -0.970. The maximum atomic E-state index is 12.1. The second-order valence-corrected chi connectivity index (χ2v) is 5.18. The smallest absolute Gasteiger partial charge is 0.253 e. The fourth-order valence-electron chi connectivity index (χ4n) is 1.41. The van der Waals surface area contributed by atoms with Crippen LogP contribution in [0.2, 0.25) is 10.0 Å². The van der Waals surface area contributed by atoms with E-state index in [0.717, 1.165) is 6.54 Å². The summed E-state index contributed by atoms with van der Waals surface area (Å²) in [7, 11) is 5.65. The standard InChI is InChI=1S/C12H17Cl2N3O/c1-16(2)4-5-17(3)12(18)8-6-9(13)11(14)10(15)7-8/h6-7H,4-5,15H2,1-3H3. The number of halogens is 2. The zero-order valence-corrected chi connectivity index (χ0v) is 12.2. The number of carbonyl (C=O) groups is 1. The van der Waals surface area contributed by atoms with Crippen LogP contribution in [0, 0.1) is 0 Å². The molecule has 0 saturated carbocycles. The Kier molecular flexibility index (Phi) is 5.26. The summed E-state index contributed by atoms with van der Waals surface area (Å²) in [5.74, 6) is -0.123. The van der Waals surface area contributed by atoms with E-state index in [1.54, 1.807) is 18.0 Å². The zero-order valence-electron chi connectivity index (χ0n) is 10.7. The molecule has 0 bridgehead atoms. The Morgan fingerprint density at radius 1 is 1.22 bits per heavy atom. The summed E-state index contributed by atoms with van der Waals surface area (Å²) in [6, 6.07) is 3.08. The first-order chi connectivity index (χ1) is 8.32. The zero-order chi connectivity index (χ0) is 13.9. The van der Waals surface area contributed by atoms with Crippen molar-refractivity contribution in [3.05, 3.63) is 27.7 Å². The van der Waals surface area contributed by atoms with Gasteiger partial charge in [-0.2, -0.15) is 0 Å². The maximum Gasteiger partial charge on any atom is 0.253 e. The molecule has 0 aromatic heterocycles. The molecule has 100 valence electrons. The summed E-state index contributed by atoms with van der Waals surface area (Å²) in [5, 5.41) is 0.574. The van der Waals surface area contributed by atoms with Gasteiger partial charge in [0.15, 0.2) is 0 Å². The third-order valence-corrected chi connectivity index (χ3v) is 3.35. The van der Waals surface area contributed by atoms with Crippen molar-refractivity contribution in [1.29, 1.82) is 0 Å². The molecule has 0 heterocycles. The van der Waals surface area contributed by atoms with Gasteiger partial charge in [0.25, 0.3) is 5.91 Å². The fourth-order valence-corrected chi connectivity index (χ4v) is 1.74. The minimum atomic E-state index is -0.123. The van der Waals surface area contributed by atoms with Crippen molar-refractivity contribution in [2.45, 2.75) is 0 Å². The number of hydrogen-bond acceptors (Lipinski definition) is 3. The number of carbonyl (C=O) groups excluding carboxylic acids is 1. The molecule has 0 radical (unpaired) electrons. The van der Waals surface area contributed by atoms with E-state index < -0.39 is 0 Å². The lowest BCUT2D eigenvalue weighted by atomic mass is 10.2. The van der Waals surface area contributed by atoms with E-state index in [4.69, 9.17) is 28.9 Å². The lowest BCUT2D eigenvalue weighted by Crippen LogP contribution is -2.33. The molecule has 0 spiro atoms. The van der Waals surface area contributed by atoms with Crippen LogP contribution in [-0.2, 0) is 0 Å². The van der Waals surface area contributed by atoms with Crippen molar-refractivity contribution in [2.75, 3.05) is 40.0 Å². The quantitative estimate of drug-likeness (QED) is 0.865. The van der Waals surface area contributed by atoms with Crippen LogP contribution in [0.25, 0.3) is 0 Å². The number of rotatable bonds is 4. The first-order valence-electron chi connectivity index (χ1n) is 5.47. The van der Waals surface area contributed by atoms with E-state index in [-0.39, 0.29) is 10.9 Å². The van der Waals surface area contributed by atoms with Crippen LogP contribution in [-0.4, -0.2) is 49.9 Å². The van der Waals surface area contributed by atoms with Crippen molar-refractivity contribution in [2.24, 2.45) is 0 Å². The Labute approximate surface area is 117 Å². The normalized spacial score (nSPS) is 10.8. The molecule has 0 unspecified atom stereocenters. The molecule has 1 aromatic rings. The average molecular weight is 290 g/mol. The Balaban J connectivity index is 2.84. The van der Waals surface area contributed by atoms with Crippen LogP contribution in [0.15, 0.2) is 12.1 Å². The number of nitrogens with two attached hydrogens (primary N) is 1. The topological polar surface area (TPSA) is 49.6 Å². The van der Waals surface area contributed by atoms with Crippen LogP contribution >= 0.6 is 23.2 Å². The van der Waals surface area contributed by atoms with Gasteiger partial charge in [-0.25, -0.2) is 0 Å². The van der Waals surface area contributed by atoms with Crippen molar-refractivity contribution < 1.29 is 4.79 Å². The molecule has 0 aliphatic rings. The highest BCUT2D eigenvalue weighted by Gasteiger charge is 2.15. The minimum absolute atomic E-state index is 0.123. The van der Waals surface area contributed by atoms with Gasteiger partial charge in [0.2, 0.25) is 0 Å². The maximum absolute atomic E-state index is 12.1. The Morgan fingerprint density at radius 2 is 1.83 bits per heavy atom. The van der Waals surface area contributed by atoms with Gasteiger partial charge in [-0.15, -0.1) is 0 Å². The summed E-state index contributed by atoms with van der Waals surface area (Å²) in [6.45, 7) is 1.42. The number of nitrogens with zero attached hydrogens (tertiary/aromatic N) is 2. The van der Waals surface area contributed by atoms with Gasteiger partial charge in [-0.3, -0.25) is 4.79 Å². The van der Waals surface area contributed by atoms with Crippen molar-refractivity contribution >= 4 is 34.8 Å². The molecule has 1 amide bonds. The van der Waals surface area contributed by atoms with E-state index in [9.17, 15) is 4.79 Å². The van der Waals surface area contributed by atoms with Crippen molar-refractivity contribution in [3.8, 4) is 0 Å². The first-order valence-corrected chi connectivity index (χ1v) is 6.23. The molecule has 1 rings (SSSR count). The second-order valence-electron chi connectivity index (χ2n) is 4.39. The number of likely N-dealkylation sites (N-methyl/N-ethyl adjacent to an activating group) is 2. The van der Waals surface area contributed by atoms with Crippen molar-refractivity contribution in [3.63, 3.8) is 0 Å². The summed E-state index contributed by atoms with van der Waals surface area (Å²) >= 11 is 11.8. The fraction of sp³-hybridized carbons (Fsp3) is 0.417. The summed E-state index contributed by atoms with van der Waals surface area (Å²) < 4.78 is 0. The molecular formula is C12H17Cl2N3O. The van der Waals surface area contributed by atoms with E-state index in [0.29, 0.717) is 22.8 Å². The second kappa shape index (κ2) is 6.27.